The van der Waals surface area contributed by atoms with Gasteiger partial charge in [0.15, 0.2) is 0 Å². The fourth-order valence-corrected chi connectivity index (χ4v) is 4.27. The van der Waals surface area contributed by atoms with E-state index in [9.17, 15) is 8.42 Å². The van der Waals surface area contributed by atoms with E-state index in [4.69, 9.17) is 0 Å². The molecule has 1 heterocycles. The van der Waals surface area contributed by atoms with Gasteiger partial charge in [0, 0.05) is 16.8 Å². The van der Waals surface area contributed by atoms with Crippen LogP contribution in [0, 0.1) is 6.92 Å². The van der Waals surface area contributed by atoms with E-state index in [0.717, 1.165) is 15.8 Å². The minimum atomic E-state index is -3.39. The molecule has 0 atom stereocenters. The van der Waals surface area contributed by atoms with E-state index < -0.39 is 10.0 Å². The van der Waals surface area contributed by atoms with E-state index in [1.54, 1.807) is 6.07 Å². The van der Waals surface area contributed by atoms with Gasteiger partial charge in [-0.1, -0.05) is 40.2 Å². The largest absolute Gasteiger partial charge is 0.250 e. The van der Waals surface area contributed by atoms with Crippen molar-refractivity contribution in [3.63, 3.8) is 0 Å². The molecule has 1 aromatic carbocycles. The number of nitrogens with one attached hydrogen (secondary N) is 1. The van der Waals surface area contributed by atoms with E-state index in [2.05, 4.69) is 20.7 Å². The lowest BCUT2D eigenvalue weighted by atomic mass is 10.2. The highest BCUT2D eigenvalue weighted by Crippen LogP contribution is 2.20. The van der Waals surface area contributed by atoms with Gasteiger partial charge in [0.05, 0.1) is 0 Å². The summed E-state index contributed by atoms with van der Waals surface area (Å²) in [6, 6.07) is 11.3. The van der Waals surface area contributed by atoms with Gasteiger partial charge in [-0.15, -0.1) is 11.3 Å². The van der Waals surface area contributed by atoms with E-state index in [-0.39, 0.29) is 0 Å². The molecule has 1 N–H and O–H groups in total. The Morgan fingerprint density at radius 1 is 1.11 bits per heavy atom. The Bertz CT molecular complexity index is 648. The lowest BCUT2D eigenvalue weighted by Crippen LogP contribution is -2.22. The number of halogens is 1. The minimum absolute atomic E-state index is 0.307. The molecule has 0 fully saturated rings. The summed E-state index contributed by atoms with van der Waals surface area (Å²) >= 11 is 4.65. The first-order valence-electron chi connectivity index (χ1n) is 5.71. The van der Waals surface area contributed by atoms with Gasteiger partial charge in [-0.2, -0.15) is 0 Å². The van der Waals surface area contributed by atoms with Crippen molar-refractivity contribution >= 4 is 37.3 Å². The van der Waals surface area contributed by atoms with Crippen molar-refractivity contribution in [1.82, 2.24) is 4.72 Å². The molecule has 6 heteroatoms. The molecular formula is C13H14BrNO2S2. The Kier molecular flexibility index (Phi) is 4.78. The number of hydrogen-bond donors (Lipinski definition) is 1. The SMILES string of the molecule is Cc1ccc(S(=O)(=O)NCc2ccc(CBr)cc2)s1. The van der Waals surface area contributed by atoms with E-state index in [0.29, 0.717) is 10.8 Å². The highest BCUT2D eigenvalue weighted by molar-refractivity contribution is 9.08. The topological polar surface area (TPSA) is 46.2 Å². The summed E-state index contributed by atoms with van der Waals surface area (Å²) in [7, 11) is -3.39. The fraction of sp³-hybridized carbons (Fsp3) is 0.231. The highest BCUT2D eigenvalue weighted by atomic mass is 79.9. The number of rotatable bonds is 5. The van der Waals surface area contributed by atoms with Crippen molar-refractivity contribution in [3.05, 3.63) is 52.4 Å². The third kappa shape index (κ3) is 3.89. The van der Waals surface area contributed by atoms with Gasteiger partial charge in [-0.05, 0) is 30.2 Å². The molecule has 19 heavy (non-hydrogen) atoms. The summed E-state index contributed by atoms with van der Waals surface area (Å²) in [5.74, 6) is 0. The zero-order valence-electron chi connectivity index (χ0n) is 10.4. The third-order valence-corrected chi connectivity index (χ3v) is 6.17. The summed E-state index contributed by atoms with van der Waals surface area (Å²) < 4.78 is 27.0. The van der Waals surface area contributed by atoms with E-state index in [1.165, 1.54) is 16.9 Å². The van der Waals surface area contributed by atoms with Crippen LogP contribution >= 0.6 is 27.3 Å². The molecule has 102 valence electrons. The Labute approximate surface area is 125 Å². The van der Waals surface area contributed by atoms with Crippen LogP contribution in [0.5, 0.6) is 0 Å². The highest BCUT2D eigenvalue weighted by Gasteiger charge is 2.15. The van der Waals surface area contributed by atoms with Crippen molar-refractivity contribution in [2.24, 2.45) is 0 Å². The van der Waals surface area contributed by atoms with Crippen LogP contribution in [0.4, 0.5) is 0 Å². The smallest absolute Gasteiger partial charge is 0.206 e. The lowest BCUT2D eigenvalue weighted by Gasteiger charge is -2.05. The molecule has 0 saturated heterocycles. The number of alkyl halides is 1. The minimum Gasteiger partial charge on any atom is -0.206 e. The van der Waals surface area contributed by atoms with Gasteiger partial charge in [-0.25, -0.2) is 13.1 Å². The van der Waals surface area contributed by atoms with Crippen LogP contribution < -0.4 is 4.72 Å². The normalized spacial score (nSPS) is 11.7. The maximum Gasteiger partial charge on any atom is 0.250 e. The second-order valence-corrected chi connectivity index (χ2v) is 7.98. The predicted octanol–water partition coefficient (Wildman–Crippen LogP) is 3.43. The molecule has 0 aliphatic rings. The fourth-order valence-electron chi connectivity index (χ4n) is 1.55. The number of hydrogen-bond acceptors (Lipinski definition) is 3. The standard InChI is InChI=1S/C13H14BrNO2S2/c1-10-2-7-13(18-10)19(16,17)15-9-12-5-3-11(8-14)4-6-12/h2-7,15H,8-9H2,1H3. The molecule has 0 amide bonds. The molecule has 2 rings (SSSR count). The average Bonchev–Trinajstić information content (AvgIpc) is 2.85. The summed E-state index contributed by atoms with van der Waals surface area (Å²) in [5.41, 5.74) is 2.11. The van der Waals surface area contributed by atoms with Gasteiger partial charge in [0.25, 0.3) is 0 Å². The summed E-state index contributed by atoms with van der Waals surface area (Å²) in [6.45, 7) is 2.20. The van der Waals surface area contributed by atoms with Crippen LogP contribution in [-0.4, -0.2) is 8.42 Å². The number of sulfonamides is 1. The third-order valence-electron chi connectivity index (χ3n) is 2.62. The Morgan fingerprint density at radius 3 is 2.26 bits per heavy atom. The molecule has 3 nitrogen and oxygen atoms in total. The maximum absolute atomic E-state index is 12.0. The lowest BCUT2D eigenvalue weighted by molar-refractivity contribution is 0.583. The van der Waals surface area contributed by atoms with Gasteiger partial charge in [0.1, 0.15) is 4.21 Å². The van der Waals surface area contributed by atoms with Crippen molar-refractivity contribution in [1.29, 1.82) is 0 Å². The Balaban J connectivity index is 2.05. The van der Waals surface area contributed by atoms with Crippen LogP contribution in [0.1, 0.15) is 16.0 Å². The second-order valence-electron chi connectivity index (χ2n) is 4.14. The van der Waals surface area contributed by atoms with Crippen LogP contribution in [-0.2, 0) is 21.9 Å². The Hall–Kier alpha value is -0.690. The summed E-state index contributed by atoms with van der Waals surface area (Å²) in [5, 5.41) is 0.799. The zero-order chi connectivity index (χ0) is 13.9. The average molecular weight is 360 g/mol. The molecule has 0 unspecified atom stereocenters. The summed E-state index contributed by atoms with van der Waals surface area (Å²) in [6.07, 6.45) is 0. The Morgan fingerprint density at radius 2 is 1.74 bits per heavy atom. The molecule has 2 aromatic rings. The zero-order valence-corrected chi connectivity index (χ0v) is 13.6. The van der Waals surface area contributed by atoms with Gasteiger partial charge < -0.3 is 0 Å². The predicted molar refractivity (Wildman–Crippen MR) is 82.2 cm³/mol. The monoisotopic (exact) mass is 359 g/mol. The molecule has 1 aromatic heterocycles. The molecule has 0 aliphatic heterocycles. The first-order valence-corrected chi connectivity index (χ1v) is 9.13. The maximum atomic E-state index is 12.0. The van der Waals surface area contributed by atoms with Crippen LogP contribution in [0.15, 0.2) is 40.6 Å². The second kappa shape index (κ2) is 6.17. The molecule has 0 aliphatic carbocycles. The first kappa shape index (κ1) is 14.7. The summed E-state index contributed by atoms with van der Waals surface area (Å²) in [4.78, 5) is 0.988. The molecule has 0 saturated carbocycles. The van der Waals surface area contributed by atoms with Crippen molar-refractivity contribution < 1.29 is 8.42 Å². The van der Waals surface area contributed by atoms with E-state index >= 15 is 0 Å². The number of thiophene rings is 1. The van der Waals surface area contributed by atoms with Crippen molar-refractivity contribution in [2.45, 2.75) is 23.0 Å². The van der Waals surface area contributed by atoms with Crippen LogP contribution in [0.2, 0.25) is 0 Å². The molecule has 0 bridgehead atoms. The van der Waals surface area contributed by atoms with Crippen LogP contribution in [0.25, 0.3) is 0 Å². The molecule has 0 spiro atoms. The van der Waals surface area contributed by atoms with Crippen LogP contribution in [0.3, 0.4) is 0 Å². The van der Waals surface area contributed by atoms with Gasteiger partial charge >= 0.3 is 0 Å². The molecule has 0 radical (unpaired) electrons. The van der Waals surface area contributed by atoms with E-state index in [1.807, 2.05) is 37.3 Å². The quantitative estimate of drug-likeness (QED) is 0.831. The molecular weight excluding hydrogens is 346 g/mol. The van der Waals surface area contributed by atoms with Gasteiger partial charge in [0.2, 0.25) is 10.0 Å². The van der Waals surface area contributed by atoms with Crippen molar-refractivity contribution in [3.8, 4) is 0 Å². The van der Waals surface area contributed by atoms with Crippen molar-refractivity contribution in [2.75, 3.05) is 0 Å². The van der Waals surface area contributed by atoms with Gasteiger partial charge in [-0.3, -0.25) is 0 Å². The number of aryl methyl sites for hydroxylation is 1. The number of benzene rings is 1. The first-order chi connectivity index (χ1) is 9.01.